The summed E-state index contributed by atoms with van der Waals surface area (Å²) in [5.74, 6) is -2.28. The van der Waals surface area contributed by atoms with Crippen LogP contribution < -0.4 is 0 Å². The van der Waals surface area contributed by atoms with E-state index >= 15 is 0 Å². The SMILES string of the molecule is CCCCCCCCOC(C)C(=O)c1ccc(F)c(F)c1. The molecule has 0 amide bonds. The second-order valence-electron chi connectivity index (χ2n) is 5.27. The lowest BCUT2D eigenvalue weighted by Crippen LogP contribution is -2.21. The van der Waals surface area contributed by atoms with E-state index in [9.17, 15) is 13.6 Å². The molecule has 2 nitrogen and oxygen atoms in total. The molecule has 118 valence electrons. The van der Waals surface area contributed by atoms with Crippen LogP contribution in [0.5, 0.6) is 0 Å². The number of hydrogen-bond donors (Lipinski definition) is 0. The van der Waals surface area contributed by atoms with E-state index in [4.69, 9.17) is 4.74 Å². The smallest absolute Gasteiger partial charge is 0.191 e. The van der Waals surface area contributed by atoms with Gasteiger partial charge in [-0.15, -0.1) is 0 Å². The maximum absolute atomic E-state index is 13.1. The highest BCUT2D eigenvalue weighted by molar-refractivity contribution is 5.99. The molecule has 0 aliphatic carbocycles. The maximum atomic E-state index is 13.1. The van der Waals surface area contributed by atoms with Crippen molar-refractivity contribution in [1.82, 2.24) is 0 Å². The number of Topliss-reactive ketones (excluding diaryl/α,β-unsaturated/α-hetero) is 1. The Hall–Kier alpha value is -1.29. The Morgan fingerprint density at radius 1 is 1.10 bits per heavy atom. The lowest BCUT2D eigenvalue weighted by molar-refractivity contribution is 0.0463. The molecular weight excluding hydrogens is 274 g/mol. The van der Waals surface area contributed by atoms with E-state index in [1.165, 1.54) is 31.7 Å². The molecule has 0 saturated carbocycles. The second kappa shape index (κ2) is 9.61. The molecule has 1 aromatic rings. The van der Waals surface area contributed by atoms with Gasteiger partial charge in [-0.05, 0) is 31.5 Å². The highest BCUT2D eigenvalue weighted by Crippen LogP contribution is 2.12. The first kappa shape index (κ1) is 17.8. The third-order valence-corrected chi connectivity index (χ3v) is 3.44. The number of ether oxygens (including phenoxy) is 1. The van der Waals surface area contributed by atoms with E-state index in [0.29, 0.717) is 6.61 Å². The molecule has 1 atom stereocenters. The Labute approximate surface area is 125 Å². The number of benzene rings is 1. The van der Waals surface area contributed by atoms with Crippen LogP contribution in [0, 0.1) is 11.6 Å². The van der Waals surface area contributed by atoms with Crippen molar-refractivity contribution in [1.29, 1.82) is 0 Å². The lowest BCUT2D eigenvalue weighted by atomic mass is 10.1. The normalized spacial score (nSPS) is 12.4. The van der Waals surface area contributed by atoms with Crippen LogP contribution in [0.1, 0.15) is 62.7 Å². The van der Waals surface area contributed by atoms with Gasteiger partial charge in [-0.2, -0.15) is 0 Å². The summed E-state index contributed by atoms with van der Waals surface area (Å²) in [5.41, 5.74) is 0.143. The summed E-state index contributed by atoms with van der Waals surface area (Å²) in [7, 11) is 0. The van der Waals surface area contributed by atoms with Gasteiger partial charge in [0.1, 0.15) is 6.10 Å². The Morgan fingerprint density at radius 2 is 1.76 bits per heavy atom. The summed E-state index contributed by atoms with van der Waals surface area (Å²) in [6.07, 6.45) is 6.26. The van der Waals surface area contributed by atoms with E-state index < -0.39 is 17.7 Å². The fraction of sp³-hybridized carbons (Fsp3) is 0.588. The van der Waals surface area contributed by atoms with E-state index in [1.807, 2.05) is 0 Å². The molecule has 0 N–H and O–H groups in total. The number of unbranched alkanes of at least 4 members (excludes halogenated alkanes) is 5. The maximum Gasteiger partial charge on any atom is 0.191 e. The first-order valence-corrected chi connectivity index (χ1v) is 7.67. The molecule has 0 radical (unpaired) electrons. The van der Waals surface area contributed by atoms with Crippen LogP contribution in [0.2, 0.25) is 0 Å². The minimum absolute atomic E-state index is 0.143. The molecule has 0 saturated heterocycles. The molecule has 1 rings (SSSR count). The standard InChI is InChI=1S/C17H24F2O2/c1-3-4-5-6-7-8-11-21-13(2)17(20)14-9-10-15(18)16(19)12-14/h9-10,12-13H,3-8,11H2,1-2H3. The van der Waals surface area contributed by atoms with Gasteiger partial charge in [-0.25, -0.2) is 8.78 Å². The van der Waals surface area contributed by atoms with Crippen molar-refractivity contribution in [2.45, 2.75) is 58.5 Å². The molecule has 0 aromatic heterocycles. The van der Waals surface area contributed by atoms with Crippen LogP contribution in [0.3, 0.4) is 0 Å². The van der Waals surface area contributed by atoms with E-state index in [-0.39, 0.29) is 11.3 Å². The van der Waals surface area contributed by atoms with Gasteiger partial charge >= 0.3 is 0 Å². The molecule has 21 heavy (non-hydrogen) atoms. The quantitative estimate of drug-likeness (QED) is 0.453. The fourth-order valence-corrected chi connectivity index (χ4v) is 2.10. The summed E-state index contributed by atoms with van der Waals surface area (Å²) < 4.78 is 31.4. The first-order valence-electron chi connectivity index (χ1n) is 7.67. The second-order valence-corrected chi connectivity index (χ2v) is 5.27. The lowest BCUT2D eigenvalue weighted by Gasteiger charge is -2.12. The van der Waals surface area contributed by atoms with Crippen molar-refractivity contribution >= 4 is 5.78 Å². The van der Waals surface area contributed by atoms with Gasteiger partial charge in [-0.1, -0.05) is 39.0 Å². The molecule has 0 spiro atoms. The van der Waals surface area contributed by atoms with Crippen LogP contribution >= 0.6 is 0 Å². The molecule has 1 unspecified atom stereocenters. The molecular formula is C17H24F2O2. The minimum atomic E-state index is -1.01. The zero-order valence-electron chi connectivity index (χ0n) is 12.8. The third-order valence-electron chi connectivity index (χ3n) is 3.44. The van der Waals surface area contributed by atoms with Crippen molar-refractivity contribution in [3.8, 4) is 0 Å². The van der Waals surface area contributed by atoms with E-state index in [1.54, 1.807) is 6.92 Å². The van der Waals surface area contributed by atoms with Crippen LogP contribution in [0.25, 0.3) is 0 Å². The predicted molar refractivity (Wildman–Crippen MR) is 79.5 cm³/mol. The van der Waals surface area contributed by atoms with Gasteiger partial charge < -0.3 is 4.74 Å². The van der Waals surface area contributed by atoms with Crippen LogP contribution in [-0.2, 0) is 4.74 Å². The summed E-state index contributed by atoms with van der Waals surface area (Å²) in [5, 5.41) is 0. The average molecular weight is 298 g/mol. The van der Waals surface area contributed by atoms with Gasteiger partial charge in [0, 0.05) is 12.2 Å². The van der Waals surface area contributed by atoms with Crippen LogP contribution in [0.15, 0.2) is 18.2 Å². The van der Waals surface area contributed by atoms with Gasteiger partial charge in [-0.3, -0.25) is 4.79 Å². The van der Waals surface area contributed by atoms with Gasteiger partial charge in [0.2, 0.25) is 0 Å². The number of halogens is 2. The van der Waals surface area contributed by atoms with E-state index in [2.05, 4.69) is 6.92 Å². The van der Waals surface area contributed by atoms with Crippen LogP contribution in [-0.4, -0.2) is 18.5 Å². The topological polar surface area (TPSA) is 26.3 Å². The number of hydrogen-bond acceptors (Lipinski definition) is 2. The molecule has 0 aliphatic heterocycles. The highest BCUT2D eigenvalue weighted by atomic mass is 19.2. The number of carbonyl (C=O) groups is 1. The molecule has 4 heteroatoms. The van der Waals surface area contributed by atoms with Crippen molar-refractivity contribution in [2.75, 3.05) is 6.61 Å². The molecule has 0 bridgehead atoms. The van der Waals surface area contributed by atoms with Crippen molar-refractivity contribution in [3.05, 3.63) is 35.4 Å². The highest BCUT2D eigenvalue weighted by Gasteiger charge is 2.17. The Morgan fingerprint density at radius 3 is 2.43 bits per heavy atom. The minimum Gasteiger partial charge on any atom is -0.370 e. The average Bonchev–Trinajstić information content (AvgIpc) is 2.48. The van der Waals surface area contributed by atoms with Gasteiger partial charge in [0.05, 0.1) is 0 Å². The Balaban J connectivity index is 2.29. The fourth-order valence-electron chi connectivity index (χ4n) is 2.10. The number of carbonyl (C=O) groups excluding carboxylic acids is 1. The Bertz CT molecular complexity index is 446. The van der Waals surface area contributed by atoms with Gasteiger partial charge in [0.15, 0.2) is 17.4 Å². The Kier molecular flexibility index (Phi) is 8.13. The first-order chi connectivity index (χ1) is 10.1. The van der Waals surface area contributed by atoms with Crippen molar-refractivity contribution < 1.29 is 18.3 Å². The summed E-state index contributed by atoms with van der Waals surface area (Å²) >= 11 is 0. The predicted octanol–water partition coefficient (Wildman–Crippen LogP) is 4.91. The molecule has 0 fully saturated rings. The number of rotatable bonds is 10. The van der Waals surface area contributed by atoms with Crippen molar-refractivity contribution in [3.63, 3.8) is 0 Å². The summed E-state index contributed by atoms with van der Waals surface area (Å²) in [6.45, 7) is 4.33. The number of ketones is 1. The molecule has 0 aliphatic rings. The van der Waals surface area contributed by atoms with Gasteiger partial charge in [0.25, 0.3) is 0 Å². The van der Waals surface area contributed by atoms with Crippen molar-refractivity contribution in [2.24, 2.45) is 0 Å². The largest absolute Gasteiger partial charge is 0.370 e. The molecule has 0 heterocycles. The monoisotopic (exact) mass is 298 g/mol. The third kappa shape index (κ3) is 6.34. The zero-order valence-corrected chi connectivity index (χ0v) is 12.8. The summed E-state index contributed by atoms with van der Waals surface area (Å²) in [4.78, 5) is 12.0. The van der Waals surface area contributed by atoms with Crippen LogP contribution in [0.4, 0.5) is 8.78 Å². The zero-order chi connectivity index (χ0) is 15.7. The van der Waals surface area contributed by atoms with E-state index in [0.717, 1.165) is 25.0 Å². The molecule has 1 aromatic carbocycles. The summed E-state index contributed by atoms with van der Waals surface area (Å²) in [6, 6.07) is 3.16.